The van der Waals surface area contributed by atoms with E-state index in [1.165, 1.54) is 4.57 Å². The van der Waals surface area contributed by atoms with Crippen molar-refractivity contribution < 1.29 is 14.3 Å². The summed E-state index contributed by atoms with van der Waals surface area (Å²) in [7, 11) is 1.66. The number of oxazole rings is 1. The molecule has 5 heteroatoms. The van der Waals surface area contributed by atoms with Gasteiger partial charge in [0.15, 0.2) is 5.58 Å². The Labute approximate surface area is 110 Å². The maximum atomic E-state index is 11.4. The molecule has 1 N–H and O–H groups in total. The number of ether oxygens (including phenoxy) is 1. The van der Waals surface area contributed by atoms with Crippen molar-refractivity contribution in [1.82, 2.24) is 4.57 Å². The first-order chi connectivity index (χ1) is 9.06. The van der Waals surface area contributed by atoms with Crippen LogP contribution < -0.4 is 5.76 Å². The van der Waals surface area contributed by atoms with Crippen molar-refractivity contribution in [2.75, 3.05) is 0 Å². The van der Waals surface area contributed by atoms with Gasteiger partial charge in [0, 0.05) is 7.05 Å². The molecule has 0 spiro atoms. The van der Waals surface area contributed by atoms with Gasteiger partial charge in [-0.2, -0.15) is 0 Å². The zero-order valence-electron chi connectivity index (χ0n) is 11.0. The van der Waals surface area contributed by atoms with E-state index in [-0.39, 0.29) is 12.2 Å². The maximum Gasteiger partial charge on any atom is 0.419 e. The Morgan fingerprint density at radius 1 is 1.42 bits per heavy atom. The zero-order valence-corrected chi connectivity index (χ0v) is 11.0. The monoisotopic (exact) mass is 263 g/mol. The van der Waals surface area contributed by atoms with Gasteiger partial charge in [0.1, 0.15) is 6.10 Å². The number of aromatic nitrogens is 1. The summed E-state index contributed by atoms with van der Waals surface area (Å²) in [4.78, 5) is 11.4. The number of aliphatic hydroxyl groups excluding tert-OH is 1. The molecule has 3 unspecified atom stereocenters. The van der Waals surface area contributed by atoms with Gasteiger partial charge in [-0.05, 0) is 37.5 Å². The van der Waals surface area contributed by atoms with E-state index in [0.717, 1.165) is 23.9 Å². The molecule has 0 radical (unpaired) electrons. The van der Waals surface area contributed by atoms with Crippen LogP contribution in [0.4, 0.5) is 0 Å². The van der Waals surface area contributed by atoms with E-state index < -0.39 is 11.9 Å². The van der Waals surface area contributed by atoms with Gasteiger partial charge < -0.3 is 14.3 Å². The largest absolute Gasteiger partial charge is 0.419 e. The third-order valence-electron chi connectivity index (χ3n) is 3.77. The van der Waals surface area contributed by atoms with Crippen LogP contribution in [0.2, 0.25) is 0 Å². The molecule has 19 heavy (non-hydrogen) atoms. The van der Waals surface area contributed by atoms with Crippen LogP contribution in [-0.4, -0.2) is 21.9 Å². The molecule has 1 aliphatic heterocycles. The number of fused-ring (bicyclic) bond motifs is 1. The van der Waals surface area contributed by atoms with Crippen molar-refractivity contribution >= 4 is 11.1 Å². The van der Waals surface area contributed by atoms with Crippen LogP contribution in [0.1, 0.15) is 31.4 Å². The summed E-state index contributed by atoms with van der Waals surface area (Å²) in [6.07, 6.45) is 1.14. The van der Waals surface area contributed by atoms with E-state index >= 15 is 0 Å². The van der Waals surface area contributed by atoms with Gasteiger partial charge in [-0.1, -0.05) is 6.07 Å². The highest BCUT2D eigenvalue weighted by Gasteiger charge is 2.29. The molecule has 1 aromatic heterocycles. The number of hydrogen-bond donors (Lipinski definition) is 1. The van der Waals surface area contributed by atoms with Gasteiger partial charge in [-0.3, -0.25) is 4.57 Å². The average Bonchev–Trinajstić information content (AvgIpc) is 2.94. The average molecular weight is 263 g/mol. The summed E-state index contributed by atoms with van der Waals surface area (Å²) in [6, 6.07) is 5.32. The topological polar surface area (TPSA) is 64.6 Å². The lowest BCUT2D eigenvalue weighted by atomic mass is 10.0. The standard InChI is InChI=1S/C14H17NO4/c1-8-3-6-11(18-8)13(16)9-4-5-10-12(7-9)19-14(17)15(10)2/h4-5,7-8,11,13,16H,3,6H2,1-2H3. The Morgan fingerprint density at radius 3 is 2.89 bits per heavy atom. The normalized spacial score (nSPS) is 25.0. The molecular formula is C14H17NO4. The smallest absolute Gasteiger partial charge is 0.408 e. The number of aryl methyl sites for hydroxylation is 1. The Kier molecular flexibility index (Phi) is 2.95. The van der Waals surface area contributed by atoms with Gasteiger partial charge >= 0.3 is 5.76 Å². The molecule has 1 saturated heterocycles. The molecule has 0 aliphatic carbocycles. The van der Waals surface area contributed by atoms with Crippen molar-refractivity contribution in [3.05, 3.63) is 34.3 Å². The Balaban J connectivity index is 1.94. The summed E-state index contributed by atoms with van der Waals surface area (Å²) in [6.45, 7) is 2.01. The minimum atomic E-state index is -0.681. The number of nitrogens with zero attached hydrogens (tertiary/aromatic N) is 1. The molecule has 2 aromatic rings. The third-order valence-corrected chi connectivity index (χ3v) is 3.77. The van der Waals surface area contributed by atoms with Crippen LogP contribution >= 0.6 is 0 Å². The lowest BCUT2D eigenvalue weighted by molar-refractivity contribution is -0.0297. The molecule has 0 bridgehead atoms. The number of hydrogen-bond acceptors (Lipinski definition) is 4. The van der Waals surface area contributed by atoms with Gasteiger partial charge in [0.25, 0.3) is 0 Å². The molecule has 102 valence electrons. The highest BCUT2D eigenvalue weighted by Crippen LogP contribution is 2.31. The predicted octanol–water partition coefficient (Wildman–Crippen LogP) is 1.73. The van der Waals surface area contributed by atoms with Crippen LogP contribution in [0.5, 0.6) is 0 Å². The first-order valence-electron chi connectivity index (χ1n) is 6.49. The minimum Gasteiger partial charge on any atom is -0.408 e. The van der Waals surface area contributed by atoms with Crippen LogP contribution in [0.25, 0.3) is 11.1 Å². The van der Waals surface area contributed by atoms with Crippen LogP contribution in [0, 0.1) is 0 Å². The molecule has 5 nitrogen and oxygen atoms in total. The zero-order chi connectivity index (χ0) is 13.6. The van der Waals surface area contributed by atoms with E-state index in [2.05, 4.69) is 0 Å². The van der Waals surface area contributed by atoms with Crippen LogP contribution in [-0.2, 0) is 11.8 Å². The third kappa shape index (κ3) is 2.09. The molecule has 1 aliphatic rings. The fourth-order valence-electron chi connectivity index (χ4n) is 2.61. The van der Waals surface area contributed by atoms with Crippen LogP contribution in [0.3, 0.4) is 0 Å². The lowest BCUT2D eigenvalue weighted by Gasteiger charge is -2.18. The fraction of sp³-hybridized carbons (Fsp3) is 0.500. The predicted molar refractivity (Wildman–Crippen MR) is 70.0 cm³/mol. The second kappa shape index (κ2) is 4.51. The fourth-order valence-corrected chi connectivity index (χ4v) is 2.61. The highest BCUT2D eigenvalue weighted by atomic mass is 16.5. The van der Waals surface area contributed by atoms with Gasteiger partial charge in [-0.25, -0.2) is 4.79 Å². The number of aliphatic hydroxyl groups is 1. The Hall–Kier alpha value is -1.59. The molecule has 1 fully saturated rings. The Bertz CT molecular complexity index is 657. The van der Waals surface area contributed by atoms with Crippen molar-refractivity contribution in [1.29, 1.82) is 0 Å². The summed E-state index contributed by atoms with van der Waals surface area (Å²) in [5, 5.41) is 10.3. The lowest BCUT2D eigenvalue weighted by Crippen LogP contribution is -2.18. The summed E-state index contributed by atoms with van der Waals surface area (Å²) < 4.78 is 12.2. The van der Waals surface area contributed by atoms with Crippen molar-refractivity contribution in [2.45, 2.75) is 38.1 Å². The van der Waals surface area contributed by atoms with Gasteiger partial charge in [-0.15, -0.1) is 0 Å². The van der Waals surface area contributed by atoms with Gasteiger partial charge in [0.05, 0.1) is 17.7 Å². The van der Waals surface area contributed by atoms with E-state index in [1.54, 1.807) is 19.2 Å². The molecule has 3 atom stereocenters. The van der Waals surface area contributed by atoms with Gasteiger partial charge in [0.2, 0.25) is 0 Å². The number of benzene rings is 1. The quantitative estimate of drug-likeness (QED) is 0.896. The molecular weight excluding hydrogens is 246 g/mol. The maximum absolute atomic E-state index is 11.4. The van der Waals surface area contributed by atoms with Crippen LogP contribution in [0.15, 0.2) is 27.4 Å². The summed E-state index contributed by atoms with van der Waals surface area (Å²) in [5.41, 5.74) is 1.94. The molecule has 0 amide bonds. The molecule has 1 aromatic carbocycles. The highest BCUT2D eigenvalue weighted by molar-refractivity contribution is 5.73. The molecule has 2 heterocycles. The number of rotatable bonds is 2. The van der Waals surface area contributed by atoms with Crippen molar-refractivity contribution in [3.8, 4) is 0 Å². The summed E-state index contributed by atoms with van der Waals surface area (Å²) in [5.74, 6) is -0.396. The van der Waals surface area contributed by atoms with Crippen molar-refractivity contribution in [2.24, 2.45) is 7.05 Å². The summed E-state index contributed by atoms with van der Waals surface area (Å²) >= 11 is 0. The molecule has 0 saturated carbocycles. The second-order valence-electron chi connectivity index (χ2n) is 5.16. The second-order valence-corrected chi connectivity index (χ2v) is 5.16. The Morgan fingerprint density at radius 2 is 2.21 bits per heavy atom. The van der Waals surface area contributed by atoms with Crippen molar-refractivity contribution in [3.63, 3.8) is 0 Å². The van der Waals surface area contributed by atoms with E-state index in [0.29, 0.717) is 5.58 Å². The molecule has 3 rings (SSSR count). The first-order valence-corrected chi connectivity index (χ1v) is 6.49. The minimum absolute atomic E-state index is 0.178. The van der Waals surface area contributed by atoms with E-state index in [9.17, 15) is 9.90 Å². The SMILES string of the molecule is CC1CCC(C(O)c2ccc3c(c2)oc(=O)n3C)O1. The van der Waals surface area contributed by atoms with E-state index in [4.69, 9.17) is 9.15 Å². The van der Waals surface area contributed by atoms with E-state index in [1.807, 2.05) is 13.0 Å². The first kappa shape index (κ1) is 12.4.